The Morgan fingerprint density at radius 1 is 1.16 bits per heavy atom. The molecule has 0 N–H and O–H groups in total. The van der Waals surface area contributed by atoms with Gasteiger partial charge in [0.1, 0.15) is 6.29 Å². The molecule has 0 amide bonds. The average Bonchev–Trinajstić information content (AvgIpc) is 2.27. The number of benzene rings is 1. The molecule has 106 valence electrons. The largest absolute Gasteiger partial charge is 0.302 e. The molecule has 7 heteroatoms. The highest BCUT2D eigenvalue weighted by molar-refractivity contribution is 7.89. The van der Waals surface area contributed by atoms with Gasteiger partial charge in [0.15, 0.2) is 0 Å². The molecule has 0 aromatic heterocycles. The minimum absolute atomic E-state index is 0.0278. The van der Waals surface area contributed by atoms with E-state index >= 15 is 0 Å². The van der Waals surface area contributed by atoms with Crippen molar-refractivity contribution >= 4 is 39.5 Å². The van der Waals surface area contributed by atoms with Crippen LogP contribution < -0.4 is 0 Å². The topological polar surface area (TPSA) is 54.5 Å². The number of rotatable bonds is 5. The second kappa shape index (κ2) is 6.22. The summed E-state index contributed by atoms with van der Waals surface area (Å²) in [6, 6.07) is 3.33. The molecule has 0 saturated heterocycles. The van der Waals surface area contributed by atoms with Crippen LogP contribution in [0.2, 0.25) is 10.0 Å². The van der Waals surface area contributed by atoms with Crippen LogP contribution in [0.25, 0.3) is 0 Å². The van der Waals surface area contributed by atoms with Crippen LogP contribution in [0.15, 0.2) is 23.1 Å². The number of carbonyl (C=O) groups is 1. The molecule has 0 heterocycles. The van der Waals surface area contributed by atoms with Crippen molar-refractivity contribution in [3.8, 4) is 0 Å². The summed E-state index contributed by atoms with van der Waals surface area (Å²) in [5.41, 5.74) is 0. The number of hydrogen-bond donors (Lipinski definition) is 0. The highest BCUT2D eigenvalue weighted by Gasteiger charge is 2.30. The Kier molecular flexibility index (Phi) is 5.38. The van der Waals surface area contributed by atoms with E-state index in [9.17, 15) is 13.2 Å². The summed E-state index contributed by atoms with van der Waals surface area (Å²) in [4.78, 5) is 11.0. The maximum atomic E-state index is 12.4. The lowest BCUT2D eigenvalue weighted by molar-refractivity contribution is -0.111. The molecule has 1 aromatic carbocycles. The molecule has 0 aliphatic carbocycles. The van der Waals surface area contributed by atoms with Crippen molar-refractivity contribution in [2.24, 2.45) is 5.92 Å². The van der Waals surface area contributed by atoms with Crippen molar-refractivity contribution in [2.75, 3.05) is 7.05 Å². The molecule has 1 atom stereocenters. The van der Waals surface area contributed by atoms with Crippen LogP contribution in [0.4, 0.5) is 0 Å². The van der Waals surface area contributed by atoms with Gasteiger partial charge in [-0.05, 0) is 24.1 Å². The van der Waals surface area contributed by atoms with Crippen molar-refractivity contribution in [2.45, 2.75) is 24.8 Å². The Balaban J connectivity index is 3.26. The third kappa shape index (κ3) is 3.69. The van der Waals surface area contributed by atoms with Gasteiger partial charge in [0.2, 0.25) is 10.0 Å². The van der Waals surface area contributed by atoms with Crippen molar-refractivity contribution in [1.82, 2.24) is 4.31 Å². The Hall–Kier alpha value is -0.620. The summed E-state index contributed by atoms with van der Waals surface area (Å²) < 4.78 is 25.8. The van der Waals surface area contributed by atoms with E-state index < -0.39 is 16.1 Å². The fourth-order valence-corrected chi connectivity index (χ4v) is 3.82. The summed E-state index contributed by atoms with van der Waals surface area (Å²) >= 11 is 11.6. The minimum Gasteiger partial charge on any atom is -0.302 e. The molecule has 1 rings (SSSR count). The van der Waals surface area contributed by atoms with E-state index in [1.165, 1.54) is 25.2 Å². The SMILES string of the molecule is CC(C)[C@@H](C=O)N(C)S(=O)(=O)c1cc(Cl)cc(Cl)c1. The van der Waals surface area contributed by atoms with Gasteiger partial charge in [-0.25, -0.2) is 8.42 Å². The van der Waals surface area contributed by atoms with Gasteiger partial charge in [0, 0.05) is 17.1 Å². The summed E-state index contributed by atoms with van der Waals surface area (Å²) in [5.74, 6) is -0.132. The number of halogens is 2. The average molecular weight is 324 g/mol. The molecule has 0 bridgehead atoms. The van der Waals surface area contributed by atoms with E-state index in [2.05, 4.69) is 0 Å². The molecule has 1 aromatic rings. The molecule has 0 spiro atoms. The van der Waals surface area contributed by atoms with Gasteiger partial charge in [-0.3, -0.25) is 0 Å². The number of nitrogens with zero attached hydrogens (tertiary/aromatic N) is 1. The standard InChI is InChI=1S/C12H15Cl2NO3S/c1-8(2)12(7-16)15(3)19(17,18)11-5-9(13)4-10(14)6-11/h4-8,12H,1-3H3/t12-/m1/s1. The molecular formula is C12H15Cl2NO3S. The Bertz CT molecular complexity index is 552. The van der Waals surface area contributed by atoms with Crippen LogP contribution in [0.3, 0.4) is 0 Å². The molecule has 0 aliphatic rings. The fourth-order valence-electron chi connectivity index (χ4n) is 1.67. The Labute approximate surface area is 123 Å². The fraction of sp³-hybridized carbons (Fsp3) is 0.417. The second-order valence-electron chi connectivity index (χ2n) is 4.50. The first kappa shape index (κ1) is 16.4. The smallest absolute Gasteiger partial charge is 0.243 e. The zero-order chi connectivity index (χ0) is 14.8. The molecule has 0 radical (unpaired) electrons. The van der Waals surface area contributed by atoms with E-state index in [1.807, 2.05) is 0 Å². The van der Waals surface area contributed by atoms with Crippen LogP contribution in [0.5, 0.6) is 0 Å². The lowest BCUT2D eigenvalue weighted by atomic mass is 10.1. The van der Waals surface area contributed by atoms with Crippen LogP contribution in [-0.4, -0.2) is 32.1 Å². The minimum atomic E-state index is -3.81. The van der Waals surface area contributed by atoms with Gasteiger partial charge in [0.25, 0.3) is 0 Å². The maximum absolute atomic E-state index is 12.4. The van der Waals surface area contributed by atoms with Gasteiger partial charge in [-0.1, -0.05) is 37.0 Å². The predicted molar refractivity (Wildman–Crippen MR) is 76.1 cm³/mol. The van der Waals surface area contributed by atoms with Crippen molar-refractivity contribution in [1.29, 1.82) is 0 Å². The molecule has 4 nitrogen and oxygen atoms in total. The highest BCUT2D eigenvalue weighted by atomic mass is 35.5. The second-order valence-corrected chi connectivity index (χ2v) is 7.37. The quantitative estimate of drug-likeness (QED) is 0.783. The molecule has 19 heavy (non-hydrogen) atoms. The van der Waals surface area contributed by atoms with Crippen molar-refractivity contribution in [3.05, 3.63) is 28.2 Å². The molecule has 0 saturated carbocycles. The summed E-state index contributed by atoms with van der Waals surface area (Å²) in [5, 5.41) is 0.457. The van der Waals surface area contributed by atoms with Crippen LogP contribution in [0, 0.1) is 5.92 Å². The van der Waals surface area contributed by atoms with Gasteiger partial charge < -0.3 is 4.79 Å². The highest BCUT2D eigenvalue weighted by Crippen LogP contribution is 2.25. The predicted octanol–water partition coefficient (Wildman–Crippen LogP) is 2.84. The van der Waals surface area contributed by atoms with Crippen LogP contribution in [0.1, 0.15) is 13.8 Å². The summed E-state index contributed by atoms with van der Waals surface area (Å²) in [7, 11) is -2.44. The van der Waals surface area contributed by atoms with Gasteiger partial charge in [-0.2, -0.15) is 4.31 Å². The first-order valence-electron chi connectivity index (χ1n) is 5.59. The van der Waals surface area contributed by atoms with E-state index in [1.54, 1.807) is 13.8 Å². The Morgan fingerprint density at radius 3 is 2.00 bits per heavy atom. The number of likely N-dealkylation sites (N-methyl/N-ethyl adjacent to an activating group) is 1. The third-order valence-electron chi connectivity index (χ3n) is 2.76. The van der Waals surface area contributed by atoms with Crippen LogP contribution in [-0.2, 0) is 14.8 Å². The summed E-state index contributed by atoms with van der Waals surface area (Å²) in [6.07, 6.45) is 0.619. The van der Waals surface area contributed by atoms with E-state index in [0.29, 0.717) is 6.29 Å². The number of carbonyl (C=O) groups excluding carboxylic acids is 1. The summed E-state index contributed by atoms with van der Waals surface area (Å²) in [6.45, 7) is 3.55. The first-order valence-corrected chi connectivity index (χ1v) is 7.79. The molecular weight excluding hydrogens is 309 g/mol. The monoisotopic (exact) mass is 323 g/mol. The zero-order valence-corrected chi connectivity index (χ0v) is 13.1. The third-order valence-corrected chi connectivity index (χ3v) is 5.02. The Morgan fingerprint density at radius 2 is 1.63 bits per heavy atom. The number of aldehydes is 1. The lowest BCUT2D eigenvalue weighted by Gasteiger charge is -2.26. The number of sulfonamides is 1. The molecule has 0 fully saturated rings. The normalized spacial score (nSPS) is 13.8. The maximum Gasteiger partial charge on any atom is 0.243 e. The van der Waals surface area contributed by atoms with E-state index in [4.69, 9.17) is 23.2 Å². The zero-order valence-electron chi connectivity index (χ0n) is 10.8. The number of hydrogen-bond acceptors (Lipinski definition) is 3. The van der Waals surface area contributed by atoms with Gasteiger partial charge in [-0.15, -0.1) is 0 Å². The van der Waals surface area contributed by atoms with Crippen molar-refractivity contribution < 1.29 is 13.2 Å². The molecule has 0 unspecified atom stereocenters. The molecule has 0 aliphatic heterocycles. The van der Waals surface area contributed by atoms with E-state index in [-0.39, 0.29) is 20.9 Å². The van der Waals surface area contributed by atoms with Gasteiger partial charge >= 0.3 is 0 Å². The lowest BCUT2D eigenvalue weighted by Crippen LogP contribution is -2.41. The van der Waals surface area contributed by atoms with E-state index in [0.717, 1.165) is 4.31 Å². The van der Waals surface area contributed by atoms with Gasteiger partial charge in [0.05, 0.1) is 10.9 Å². The van der Waals surface area contributed by atoms with Crippen LogP contribution >= 0.6 is 23.2 Å². The first-order chi connectivity index (χ1) is 8.70. The van der Waals surface area contributed by atoms with Crippen molar-refractivity contribution in [3.63, 3.8) is 0 Å².